The van der Waals surface area contributed by atoms with Gasteiger partial charge >= 0.3 is 0 Å². The van der Waals surface area contributed by atoms with Crippen molar-refractivity contribution in [3.8, 4) is 11.5 Å². The maximum absolute atomic E-state index is 13.2. The summed E-state index contributed by atoms with van der Waals surface area (Å²) in [5.41, 5.74) is 1.10. The van der Waals surface area contributed by atoms with Gasteiger partial charge in [-0.2, -0.15) is 0 Å². The molecular formula is C27H27NO6. The lowest BCUT2D eigenvalue weighted by Crippen LogP contribution is -2.29. The molecule has 1 amide bonds. The lowest BCUT2D eigenvalue weighted by Gasteiger charge is -2.25. The van der Waals surface area contributed by atoms with Crippen molar-refractivity contribution in [2.45, 2.75) is 32.4 Å². The number of Topliss-reactive ketones (excluding diaryl/α,β-unsaturated/α-hetero) is 1. The van der Waals surface area contributed by atoms with Crippen LogP contribution in [0.3, 0.4) is 0 Å². The molecule has 0 bridgehead atoms. The Bertz CT molecular complexity index is 1180. The van der Waals surface area contributed by atoms with Gasteiger partial charge in [-0.05, 0) is 60.5 Å². The number of benzene rings is 2. The van der Waals surface area contributed by atoms with Crippen LogP contribution in [0.1, 0.15) is 42.7 Å². The normalized spacial score (nSPS) is 17.2. The second kappa shape index (κ2) is 10.3. The quantitative estimate of drug-likeness (QED) is 0.207. The highest BCUT2D eigenvalue weighted by atomic mass is 16.5. The molecule has 1 unspecified atom stereocenters. The second-order valence-corrected chi connectivity index (χ2v) is 8.01. The third kappa shape index (κ3) is 4.69. The average molecular weight is 462 g/mol. The molecule has 4 rings (SSSR count). The first-order valence-electron chi connectivity index (χ1n) is 11.2. The number of amides is 1. The van der Waals surface area contributed by atoms with Crippen LogP contribution in [0.5, 0.6) is 11.5 Å². The van der Waals surface area contributed by atoms with E-state index in [9.17, 15) is 14.7 Å². The summed E-state index contributed by atoms with van der Waals surface area (Å²) >= 11 is 0. The number of carbonyl (C=O) groups excluding carboxylic acids is 2. The first kappa shape index (κ1) is 23.2. The Morgan fingerprint density at radius 1 is 1.06 bits per heavy atom. The van der Waals surface area contributed by atoms with Crippen LogP contribution in [0.15, 0.2) is 76.9 Å². The third-order valence-corrected chi connectivity index (χ3v) is 5.75. The van der Waals surface area contributed by atoms with Crippen molar-refractivity contribution in [1.82, 2.24) is 4.90 Å². The number of carbonyl (C=O) groups is 2. The topological polar surface area (TPSA) is 89.2 Å². The standard InChI is InChI=1S/C27H27NO6/c1-3-4-14-33-21-8-5-7-19(16-21)24-23(25(29)18-10-12-20(32-2)13-11-18)26(30)27(31)28(24)17-22-9-6-15-34-22/h5-13,15-16,24,29H,3-4,14,17H2,1-2H3/b25-23+. The number of rotatable bonds is 9. The van der Waals surface area contributed by atoms with Crippen LogP contribution in [0.4, 0.5) is 0 Å². The van der Waals surface area contributed by atoms with Crippen LogP contribution in [0.2, 0.25) is 0 Å². The molecule has 176 valence electrons. The summed E-state index contributed by atoms with van der Waals surface area (Å²) in [6.45, 7) is 2.74. The number of aliphatic hydroxyl groups excluding tert-OH is 1. The van der Waals surface area contributed by atoms with Gasteiger partial charge in [0.2, 0.25) is 0 Å². The lowest BCUT2D eigenvalue weighted by molar-refractivity contribution is -0.140. The van der Waals surface area contributed by atoms with E-state index in [0.717, 1.165) is 12.8 Å². The highest BCUT2D eigenvalue weighted by Crippen LogP contribution is 2.41. The van der Waals surface area contributed by atoms with Gasteiger partial charge in [-0.1, -0.05) is 25.5 Å². The van der Waals surface area contributed by atoms with Gasteiger partial charge in [0.1, 0.15) is 23.0 Å². The van der Waals surface area contributed by atoms with Crippen LogP contribution in [-0.4, -0.2) is 35.4 Å². The molecule has 1 aliphatic rings. The summed E-state index contributed by atoms with van der Waals surface area (Å²) in [7, 11) is 1.55. The molecule has 3 aromatic rings. The molecule has 0 radical (unpaired) electrons. The summed E-state index contributed by atoms with van der Waals surface area (Å²) in [6, 6.07) is 16.6. The summed E-state index contributed by atoms with van der Waals surface area (Å²) < 4.78 is 16.5. The number of nitrogens with zero attached hydrogens (tertiary/aromatic N) is 1. The molecule has 7 heteroatoms. The van der Waals surface area contributed by atoms with E-state index in [0.29, 0.717) is 35.0 Å². The zero-order valence-corrected chi connectivity index (χ0v) is 19.2. The van der Waals surface area contributed by atoms with E-state index in [1.165, 1.54) is 11.2 Å². The molecular weight excluding hydrogens is 434 g/mol. The van der Waals surface area contributed by atoms with Gasteiger partial charge in [-0.25, -0.2) is 0 Å². The summed E-state index contributed by atoms with van der Waals surface area (Å²) in [5.74, 6) is 0.0927. The number of furan rings is 1. The smallest absolute Gasteiger partial charge is 0.296 e. The number of methoxy groups -OCH3 is 1. The Balaban J connectivity index is 1.79. The van der Waals surface area contributed by atoms with Gasteiger partial charge in [0.25, 0.3) is 11.7 Å². The summed E-state index contributed by atoms with van der Waals surface area (Å²) in [4.78, 5) is 27.7. The largest absolute Gasteiger partial charge is 0.507 e. The van der Waals surface area contributed by atoms with Gasteiger partial charge in [-0.15, -0.1) is 0 Å². The molecule has 2 heterocycles. The minimum absolute atomic E-state index is 0.0208. The van der Waals surface area contributed by atoms with Gasteiger partial charge in [0.05, 0.1) is 38.1 Å². The SMILES string of the molecule is CCCCOc1cccc(C2/C(=C(\O)c3ccc(OC)cc3)C(=O)C(=O)N2Cc2ccco2)c1. The van der Waals surface area contributed by atoms with Crippen LogP contribution in [0, 0.1) is 0 Å². The van der Waals surface area contributed by atoms with E-state index in [1.807, 2.05) is 24.3 Å². The molecule has 1 aromatic heterocycles. The Morgan fingerprint density at radius 2 is 1.85 bits per heavy atom. The fourth-order valence-electron chi connectivity index (χ4n) is 3.97. The van der Waals surface area contributed by atoms with E-state index < -0.39 is 17.7 Å². The van der Waals surface area contributed by atoms with E-state index in [4.69, 9.17) is 13.9 Å². The third-order valence-electron chi connectivity index (χ3n) is 5.75. The van der Waals surface area contributed by atoms with Crippen LogP contribution >= 0.6 is 0 Å². The molecule has 34 heavy (non-hydrogen) atoms. The maximum atomic E-state index is 13.2. The molecule has 0 spiro atoms. The Kier molecular flexibility index (Phi) is 7.01. The van der Waals surface area contributed by atoms with E-state index in [1.54, 1.807) is 43.5 Å². The minimum Gasteiger partial charge on any atom is -0.507 e. The van der Waals surface area contributed by atoms with Crippen LogP contribution in [0.25, 0.3) is 5.76 Å². The lowest BCUT2D eigenvalue weighted by atomic mass is 9.95. The Labute approximate surface area is 198 Å². The molecule has 0 aliphatic carbocycles. The number of likely N-dealkylation sites (tertiary alicyclic amines) is 1. The van der Waals surface area contributed by atoms with Gasteiger partial charge in [-0.3, -0.25) is 9.59 Å². The maximum Gasteiger partial charge on any atom is 0.296 e. The van der Waals surface area contributed by atoms with E-state index >= 15 is 0 Å². The predicted molar refractivity (Wildman–Crippen MR) is 126 cm³/mol. The Hall–Kier alpha value is -4.00. The number of hydrogen-bond donors (Lipinski definition) is 1. The zero-order chi connectivity index (χ0) is 24.1. The van der Waals surface area contributed by atoms with Crippen molar-refractivity contribution in [1.29, 1.82) is 0 Å². The van der Waals surface area contributed by atoms with E-state index in [2.05, 4.69) is 6.92 Å². The molecule has 7 nitrogen and oxygen atoms in total. The fraction of sp³-hybridized carbons (Fsp3) is 0.259. The number of ether oxygens (including phenoxy) is 2. The van der Waals surface area contributed by atoms with Crippen molar-refractivity contribution < 1.29 is 28.6 Å². The van der Waals surface area contributed by atoms with Crippen LogP contribution < -0.4 is 9.47 Å². The molecule has 0 saturated carbocycles. The number of hydrogen-bond acceptors (Lipinski definition) is 6. The summed E-state index contributed by atoms with van der Waals surface area (Å²) in [6.07, 6.45) is 3.43. The highest BCUT2D eigenvalue weighted by Gasteiger charge is 2.46. The van der Waals surface area contributed by atoms with Gasteiger partial charge < -0.3 is 23.9 Å². The highest BCUT2D eigenvalue weighted by molar-refractivity contribution is 6.46. The number of ketones is 1. The van der Waals surface area contributed by atoms with Gasteiger partial charge in [0, 0.05) is 5.56 Å². The molecule has 1 N–H and O–H groups in total. The molecule has 1 atom stereocenters. The zero-order valence-electron chi connectivity index (χ0n) is 19.2. The molecule has 1 saturated heterocycles. The van der Waals surface area contributed by atoms with Crippen molar-refractivity contribution in [2.75, 3.05) is 13.7 Å². The predicted octanol–water partition coefficient (Wildman–Crippen LogP) is 5.09. The van der Waals surface area contributed by atoms with Crippen molar-refractivity contribution in [3.05, 3.63) is 89.4 Å². The Morgan fingerprint density at radius 3 is 2.53 bits per heavy atom. The average Bonchev–Trinajstić information content (AvgIpc) is 3.46. The molecule has 1 fully saturated rings. The fourth-order valence-corrected chi connectivity index (χ4v) is 3.97. The van der Waals surface area contributed by atoms with Crippen molar-refractivity contribution in [3.63, 3.8) is 0 Å². The van der Waals surface area contributed by atoms with Crippen molar-refractivity contribution in [2.24, 2.45) is 0 Å². The van der Waals surface area contributed by atoms with E-state index in [-0.39, 0.29) is 17.9 Å². The first-order valence-corrected chi connectivity index (χ1v) is 11.2. The van der Waals surface area contributed by atoms with Crippen molar-refractivity contribution >= 4 is 17.4 Å². The monoisotopic (exact) mass is 461 g/mol. The number of aliphatic hydroxyl groups is 1. The molecule has 1 aliphatic heterocycles. The minimum atomic E-state index is -0.804. The molecule has 2 aromatic carbocycles. The van der Waals surface area contributed by atoms with Gasteiger partial charge in [0.15, 0.2) is 0 Å². The second-order valence-electron chi connectivity index (χ2n) is 8.01. The van der Waals surface area contributed by atoms with Crippen LogP contribution in [-0.2, 0) is 16.1 Å². The first-order chi connectivity index (χ1) is 16.5. The number of unbranched alkanes of at least 4 members (excludes halogenated alkanes) is 1. The summed E-state index contributed by atoms with van der Waals surface area (Å²) in [5, 5.41) is 11.2.